The van der Waals surface area contributed by atoms with Crippen molar-refractivity contribution >= 4 is 45.6 Å². The van der Waals surface area contributed by atoms with Crippen molar-refractivity contribution in [1.29, 1.82) is 0 Å². The van der Waals surface area contributed by atoms with Crippen LogP contribution < -0.4 is 73.2 Å². The first-order chi connectivity index (χ1) is 34.9. The van der Waals surface area contributed by atoms with E-state index in [0.717, 1.165) is 37.3 Å². The van der Waals surface area contributed by atoms with Crippen molar-refractivity contribution in [3.8, 4) is 23.0 Å². The van der Waals surface area contributed by atoms with Crippen molar-refractivity contribution < 1.29 is 42.9 Å². The molecule has 0 spiro atoms. The zero-order chi connectivity index (χ0) is 53.9. The molecule has 20 nitrogen and oxygen atoms in total. The third kappa shape index (κ3) is 21.3. The zero-order valence-electron chi connectivity index (χ0n) is 45.0. The van der Waals surface area contributed by atoms with Crippen LogP contribution in [0, 0.1) is 0 Å². The van der Waals surface area contributed by atoms with Crippen molar-refractivity contribution in [1.82, 2.24) is 47.9 Å². The highest BCUT2D eigenvalue weighted by Gasteiger charge is 2.27. The Morgan fingerprint density at radius 2 is 1.15 bits per heavy atom. The van der Waals surface area contributed by atoms with E-state index in [1.165, 1.54) is 19.2 Å². The molecule has 0 aliphatic heterocycles. The van der Waals surface area contributed by atoms with Gasteiger partial charge >= 0.3 is 0 Å². The van der Waals surface area contributed by atoms with Crippen LogP contribution >= 0.6 is 0 Å². The molecule has 1 aromatic heterocycles. The summed E-state index contributed by atoms with van der Waals surface area (Å²) in [5, 5.41) is 39.6. The number of hydrogen-bond donors (Lipinski definition) is 11. The quantitative estimate of drug-likeness (QED) is 0.0227. The van der Waals surface area contributed by atoms with E-state index in [1.54, 1.807) is 0 Å². The van der Waals surface area contributed by atoms with Crippen LogP contribution in [-0.4, -0.2) is 146 Å². The summed E-state index contributed by atoms with van der Waals surface area (Å²) in [6.07, 6.45) is 5.93. The molecule has 0 fully saturated rings. The molecule has 0 saturated carbocycles. The Balaban J connectivity index is 1.96. The highest BCUT2D eigenvalue weighted by molar-refractivity contribution is 5.98. The van der Waals surface area contributed by atoms with E-state index in [9.17, 15) is 29.1 Å². The molecule has 408 valence electrons. The van der Waals surface area contributed by atoms with E-state index >= 15 is 0 Å². The van der Waals surface area contributed by atoms with Gasteiger partial charge in [-0.1, -0.05) is 51.0 Å². The number of nitrogens with one attached hydrogen (secondary N) is 9. The number of ether oxygens (including phenoxy) is 3. The highest BCUT2D eigenvalue weighted by Crippen LogP contribution is 2.41. The Bertz CT molecular complexity index is 2360. The summed E-state index contributed by atoms with van der Waals surface area (Å²) >= 11 is 0. The van der Waals surface area contributed by atoms with Crippen LogP contribution in [0.15, 0.2) is 44.6 Å². The number of benzene rings is 2. The van der Waals surface area contributed by atoms with Crippen molar-refractivity contribution in [3.63, 3.8) is 0 Å². The number of methoxy groups -OCH3 is 1. The van der Waals surface area contributed by atoms with E-state index in [1.807, 2.05) is 46.9 Å². The number of phenols is 1. The van der Waals surface area contributed by atoms with Gasteiger partial charge < -0.3 is 77.3 Å². The van der Waals surface area contributed by atoms with Crippen LogP contribution in [0.5, 0.6) is 23.0 Å². The Kier molecular flexibility index (Phi) is 27.9. The Hall–Kier alpha value is -5.77. The van der Waals surface area contributed by atoms with Gasteiger partial charge in [-0.05, 0) is 86.4 Å². The second-order valence-electron chi connectivity index (χ2n) is 19.0. The number of carbonyl (C=O) groups excluding carboxylic acids is 4. The average Bonchev–Trinajstić information content (AvgIpc) is 3.33. The van der Waals surface area contributed by atoms with E-state index in [2.05, 4.69) is 75.5 Å². The number of carbonyl (C=O) groups is 4. The highest BCUT2D eigenvalue weighted by atomic mass is 16.5. The molecule has 4 amide bonds. The molecule has 0 saturated heterocycles. The summed E-state index contributed by atoms with van der Waals surface area (Å²) in [6.45, 7) is 20.7. The second kappa shape index (κ2) is 33.1. The van der Waals surface area contributed by atoms with E-state index in [0.29, 0.717) is 82.6 Å². The minimum Gasteiger partial charge on any atom is -0.507 e. The van der Waals surface area contributed by atoms with E-state index in [4.69, 9.17) is 24.4 Å². The molecular formula is C53H86N10O10. The molecule has 73 heavy (non-hydrogen) atoms. The van der Waals surface area contributed by atoms with Gasteiger partial charge in [-0.2, -0.15) is 0 Å². The number of rotatable bonds is 36. The second-order valence-corrected chi connectivity index (χ2v) is 19.0. The fourth-order valence-corrected chi connectivity index (χ4v) is 7.71. The van der Waals surface area contributed by atoms with Crippen LogP contribution in [0.4, 0.5) is 0 Å². The molecule has 0 bridgehead atoms. The zero-order valence-corrected chi connectivity index (χ0v) is 45.0. The van der Waals surface area contributed by atoms with Crippen molar-refractivity contribution in [2.75, 3.05) is 92.8 Å². The van der Waals surface area contributed by atoms with E-state index in [-0.39, 0.29) is 75.2 Å². The number of phenolic OH excluding ortho intramolecular Hbond substituents is 1. The molecule has 12 N–H and O–H groups in total. The largest absolute Gasteiger partial charge is 0.507 e. The lowest BCUT2D eigenvalue weighted by molar-refractivity contribution is -0.130. The molecule has 0 aliphatic rings. The molecule has 20 heteroatoms. The summed E-state index contributed by atoms with van der Waals surface area (Å²) in [5.41, 5.74) is 7.78. The number of aromatic hydroxyl groups is 1. The van der Waals surface area contributed by atoms with Gasteiger partial charge in [0.15, 0.2) is 24.7 Å². The fraction of sp³-hybridized carbons (Fsp3) is 0.604. The predicted octanol–water partition coefficient (Wildman–Crippen LogP) is 2.55. The van der Waals surface area contributed by atoms with Gasteiger partial charge in [0, 0.05) is 87.7 Å². The van der Waals surface area contributed by atoms with Crippen LogP contribution in [0.2, 0.25) is 0 Å². The first-order valence-electron chi connectivity index (χ1n) is 25.7. The van der Waals surface area contributed by atoms with Gasteiger partial charge in [-0.25, -0.2) is 0 Å². The number of nitrogens with two attached hydrogens (primary N) is 1. The Morgan fingerprint density at radius 1 is 0.671 bits per heavy atom. The first-order valence-corrected chi connectivity index (χ1v) is 25.7. The minimum absolute atomic E-state index is 0.0394. The maximum absolute atomic E-state index is 14.8. The SMILES string of the molecule is CNCCCC(NC(=O)COc1cc2oc3cc(OCC(=O)NC(CCCN)C(=O)NCCNCCNC(C)C)c(OC)c(CC=C(C)C)c3c(=O)c2c(O)c1CC=C(C)C)C(=O)NCCNCCNC(C)C. The third-order valence-corrected chi connectivity index (χ3v) is 11.5. The van der Waals surface area contributed by atoms with Gasteiger partial charge in [-0.3, -0.25) is 24.0 Å². The van der Waals surface area contributed by atoms with Crippen molar-refractivity contribution in [3.05, 3.63) is 56.8 Å². The molecule has 2 atom stereocenters. The Morgan fingerprint density at radius 3 is 1.64 bits per heavy atom. The summed E-state index contributed by atoms with van der Waals surface area (Å²) in [7, 11) is 3.23. The average molecular weight is 1020 g/mol. The normalized spacial score (nSPS) is 12.1. The van der Waals surface area contributed by atoms with Gasteiger partial charge in [-0.15, -0.1) is 0 Å². The monoisotopic (exact) mass is 1020 g/mol. The summed E-state index contributed by atoms with van der Waals surface area (Å²) in [5.74, 6) is -1.85. The summed E-state index contributed by atoms with van der Waals surface area (Å²) in [4.78, 5) is 68.3. The molecule has 3 rings (SSSR count). The number of allylic oxidation sites excluding steroid dienone is 4. The number of hydrogen-bond acceptors (Lipinski definition) is 16. The number of amides is 4. The van der Waals surface area contributed by atoms with Crippen LogP contribution in [-0.2, 0) is 32.0 Å². The van der Waals surface area contributed by atoms with E-state index < -0.39 is 42.5 Å². The number of fused-ring (bicyclic) bond motifs is 2. The van der Waals surface area contributed by atoms with Crippen molar-refractivity contribution in [2.24, 2.45) is 5.73 Å². The fourth-order valence-electron chi connectivity index (χ4n) is 7.71. The first kappa shape index (κ1) is 61.5. The lowest BCUT2D eigenvalue weighted by atomic mass is 9.98. The van der Waals surface area contributed by atoms with Gasteiger partial charge in [0.1, 0.15) is 40.1 Å². The van der Waals surface area contributed by atoms with Gasteiger partial charge in [0.05, 0.1) is 12.5 Å². The lowest BCUT2D eigenvalue weighted by Gasteiger charge is -2.20. The summed E-state index contributed by atoms with van der Waals surface area (Å²) in [6, 6.07) is 1.96. The standard InChI is InChI=1S/C53H86N10O10/c1-33(2)15-17-37-41(71-31-45(64)63-40(14-12-20-55-9)53(69)61-28-24-57-22-26-59-36(7)8)29-43-48(49(37)66)50(67)47-38(18-16-34(3)4)51(70-10)44(30-42(47)73-43)72-32-46(65)62-39(13-11-19-54)52(68)60-27-23-56-21-25-58-35(5)6/h15-16,29-30,35-36,39-40,55-59,66H,11-14,17-28,31-32,54H2,1-10H3,(H,60,68)(H,61,69)(H,62,65)(H,63,64). The summed E-state index contributed by atoms with van der Waals surface area (Å²) < 4.78 is 24.5. The minimum atomic E-state index is -0.862. The van der Waals surface area contributed by atoms with Crippen LogP contribution in [0.3, 0.4) is 0 Å². The molecule has 0 aliphatic carbocycles. The van der Waals surface area contributed by atoms with Gasteiger partial charge in [0.2, 0.25) is 17.2 Å². The Labute approximate surface area is 431 Å². The molecule has 1 heterocycles. The predicted molar refractivity (Wildman–Crippen MR) is 289 cm³/mol. The maximum atomic E-state index is 14.8. The maximum Gasteiger partial charge on any atom is 0.258 e. The molecule has 2 aromatic carbocycles. The third-order valence-electron chi connectivity index (χ3n) is 11.5. The molecule has 3 aromatic rings. The lowest BCUT2D eigenvalue weighted by Crippen LogP contribution is -2.49. The van der Waals surface area contributed by atoms with Crippen molar-refractivity contribution in [2.45, 2.75) is 118 Å². The topological polar surface area (TPSA) is 281 Å². The van der Waals surface area contributed by atoms with Crippen LogP contribution in [0.1, 0.15) is 92.2 Å². The smallest absolute Gasteiger partial charge is 0.258 e. The van der Waals surface area contributed by atoms with Gasteiger partial charge in [0.25, 0.3) is 11.8 Å². The van der Waals surface area contributed by atoms with Crippen LogP contribution in [0.25, 0.3) is 21.9 Å². The molecule has 0 radical (unpaired) electrons. The molecular weight excluding hydrogens is 937 g/mol. The molecule has 2 unspecified atom stereocenters.